The van der Waals surface area contributed by atoms with Crippen molar-refractivity contribution in [3.8, 4) is 0 Å². The number of hydrogen-bond donors (Lipinski definition) is 3. The van der Waals surface area contributed by atoms with Gasteiger partial charge in [0.15, 0.2) is 0 Å². The van der Waals surface area contributed by atoms with Gasteiger partial charge in [0, 0.05) is 0 Å². The van der Waals surface area contributed by atoms with Gasteiger partial charge < -0.3 is 9.84 Å². The highest BCUT2D eigenvalue weighted by Gasteiger charge is 2.45. The Morgan fingerprint density at radius 2 is 1.95 bits per heavy atom. The fourth-order valence-electron chi connectivity index (χ4n) is 2.37. The van der Waals surface area contributed by atoms with Crippen LogP contribution in [0.5, 0.6) is 0 Å². The number of aliphatic carboxylic acids is 1. The molecule has 1 rings (SSSR count). The Bertz CT molecular complexity index is 351. The summed E-state index contributed by atoms with van der Waals surface area (Å²) in [6.07, 6.45) is 2.52. The first-order valence-electron chi connectivity index (χ1n) is 6.67. The zero-order valence-corrected chi connectivity index (χ0v) is 12.1. The van der Waals surface area contributed by atoms with Crippen LogP contribution in [0.15, 0.2) is 0 Å². The van der Waals surface area contributed by atoms with Gasteiger partial charge in [-0.1, -0.05) is 19.8 Å². The van der Waals surface area contributed by atoms with E-state index < -0.39 is 23.2 Å². The molecule has 0 aromatic heterocycles. The molecule has 0 radical (unpaired) electrons. The van der Waals surface area contributed by atoms with Crippen molar-refractivity contribution in [2.75, 3.05) is 0 Å². The quantitative estimate of drug-likeness (QED) is 0.684. The van der Waals surface area contributed by atoms with E-state index in [1.54, 1.807) is 20.8 Å². The highest BCUT2D eigenvalue weighted by molar-refractivity contribution is 5.80. The molecule has 0 aromatic carbocycles. The van der Waals surface area contributed by atoms with Crippen molar-refractivity contribution < 1.29 is 19.4 Å². The molecular weight excluding hydrogens is 248 g/mol. The van der Waals surface area contributed by atoms with Crippen LogP contribution in [-0.4, -0.2) is 28.3 Å². The number of carbonyl (C=O) groups is 2. The number of carboxylic acid groups (broad SMARTS) is 1. The number of nitrogens with one attached hydrogen (secondary N) is 2. The van der Waals surface area contributed by atoms with Gasteiger partial charge in [0.05, 0.1) is 0 Å². The molecule has 2 atom stereocenters. The molecule has 6 heteroatoms. The number of carbonyl (C=O) groups excluding carboxylic acids is 1. The van der Waals surface area contributed by atoms with Crippen LogP contribution >= 0.6 is 0 Å². The molecule has 1 amide bonds. The summed E-state index contributed by atoms with van der Waals surface area (Å²) in [6, 6.07) is 0. The van der Waals surface area contributed by atoms with Crippen molar-refractivity contribution in [3.63, 3.8) is 0 Å². The Labute approximate surface area is 113 Å². The maximum Gasteiger partial charge on any atom is 0.422 e. The van der Waals surface area contributed by atoms with Gasteiger partial charge in [-0.2, -0.15) is 0 Å². The molecule has 0 bridgehead atoms. The highest BCUT2D eigenvalue weighted by atomic mass is 16.6. The maximum absolute atomic E-state index is 11.6. The van der Waals surface area contributed by atoms with E-state index in [4.69, 9.17) is 4.74 Å². The normalized spacial score (nSPS) is 27.7. The van der Waals surface area contributed by atoms with Crippen molar-refractivity contribution in [3.05, 3.63) is 0 Å². The number of amides is 1. The predicted molar refractivity (Wildman–Crippen MR) is 70.5 cm³/mol. The van der Waals surface area contributed by atoms with Crippen LogP contribution in [0.25, 0.3) is 0 Å². The van der Waals surface area contributed by atoms with Gasteiger partial charge >= 0.3 is 12.1 Å². The lowest BCUT2D eigenvalue weighted by molar-refractivity contribution is -0.149. The van der Waals surface area contributed by atoms with E-state index in [9.17, 15) is 14.7 Å². The minimum absolute atomic E-state index is 0.0475. The number of rotatable bonds is 3. The molecule has 2 unspecified atom stereocenters. The molecular formula is C13H24N2O4. The van der Waals surface area contributed by atoms with E-state index in [2.05, 4.69) is 10.9 Å². The van der Waals surface area contributed by atoms with Gasteiger partial charge in [-0.05, 0) is 39.5 Å². The molecule has 19 heavy (non-hydrogen) atoms. The zero-order chi connectivity index (χ0) is 14.7. The van der Waals surface area contributed by atoms with Crippen LogP contribution < -0.4 is 10.9 Å². The largest absolute Gasteiger partial charge is 0.480 e. The van der Waals surface area contributed by atoms with Crippen molar-refractivity contribution in [2.24, 2.45) is 5.92 Å². The standard InChI is InChI=1S/C13H24N2O4/c1-9-7-5-6-8-13(9,10(16)17)15-14-11(18)19-12(2,3)4/h9,15H,5-8H2,1-4H3,(H,14,18)(H,16,17). The molecule has 1 aliphatic carbocycles. The van der Waals surface area contributed by atoms with Crippen LogP contribution in [0.1, 0.15) is 53.4 Å². The lowest BCUT2D eigenvalue weighted by Gasteiger charge is -2.39. The Hall–Kier alpha value is -1.30. The van der Waals surface area contributed by atoms with Crippen LogP contribution in [0.3, 0.4) is 0 Å². The Balaban J connectivity index is 2.65. The summed E-state index contributed by atoms with van der Waals surface area (Å²) in [7, 11) is 0. The first-order valence-corrected chi connectivity index (χ1v) is 6.67. The molecule has 110 valence electrons. The van der Waals surface area contributed by atoms with Gasteiger partial charge in [-0.3, -0.25) is 10.2 Å². The second kappa shape index (κ2) is 5.77. The molecule has 0 spiro atoms. The lowest BCUT2D eigenvalue weighted by Crippen LogP contribution is -2.63. The van der Waals surface area contributed by atoms with Gasteiger partial charge in [0.25, 0.3) is 0 Å². The maximum atomic E-state index is 11.6. The highest BCUT2D eigenvalue weighted by Crippen LogP contribution is 2.33. The van der Waals surface area contributed by atoms with Gasteiger partial charge in [-0.25, -0.2) is 10.2 Å². The van der Waals surface area contributed by atoms with E-state index in [1.165, 1.54) is 0 Å². The van der Waals surface area contributed by atoms with Crippen LogP contribution in [0, 0.1) is 5.92 Å². The molecule has 3 N–H and O–H groups in total. The van der Waals surface area contributed by atoms with Crippen LogP contribution in [0.2, 0.25) is 0 Å². The summed E-state index contributed by atoms with van der Waals surface area (Å²) >= 11 is 0. The van der Waals surface area contributed by atoms with E-state index in [-0.39, 0.29) is 5.92 Å². The molecule has 1 aliphatic rings. The van der Waals surface area contributed by atoms with Gasteiger partial charge in [0.2, 0.25) is 0 Å². The van der Waals surface area contributed by atoms with E-state index in [0.29, 0.717) is 6.42 Å². The SMILES string of the molecule is CC1CCCCC1(NNC(=O)OC(C)(C)C)C(=O)O. The minimum Gasteiger partial charge on any atom is -0.480 e. The fourth-order valence-corrected chi connectivity index (χ4v) is 2.37. The average Bonchev–Trinajstić information content (AvgIpc) is 2.25. The number of ether oxygens (including phenoxy) is 1. The Morgan fingerprint density at radius 3 is 2.42 bits per heavy atom. The third-order valence-electron chi connectivity index (χ3n) is 3.47. The van der Waals surface area contributed by atoms with E-state index in [1.807, 2.05) is 6.92 Å². The molecule has 1 fully saturated rings. The summed E-state index contributed by atoms with van der Waals surface area (Å²) in [5, 5.41) is 9.45. The molecule has 0 aliphatic heterocycles. The third kappa shape index (κ3) is 4.09. The lowest BCUT2D eigenvalue weighted by atomic mass is 9.74. The first kappa shape index (κ1) is 15.8. The summed E-state index contributed by atoms with van der Waals surface area (Å²) in [4.78, 5) is 23.1. The predicted octanol–water partition coefficient (Wildman–Crippen LogP) is 2.05. The third-order valence-corrected chi connectivity index (χ3v) is 3.47. The summed E-state index contributed by atoms with van der Waals surface area (Å²) in [6.45, 7) is 7.14. The topological polar surface area (TPSA) is 87.7 Å². The van der Waals surface area contributed by atoms with Crippen LogP contribution in [-0.2, 0) is 9.53 Å². The number of carboxylic acids is 1. The smallest absolute Gasteiger partial charge is 0.422 e. The second-order valence-corrected chi connectivity index (χ2v) is 6.18. The van der Waals surface area contributed by atoms with Crippen molar-refractivity contribution in [2.45, 2.75) is 64.5 Å². The molecule has 6 nitrogen and oxygen atoms in total. The zero-order valence-electron chi connectivity index (χ0n) is 12.1. The van der Waals surface area contributed by atoms with Crippen LogP contribution in [0.4, 0.5) is 4.79 Å². The van der Waals surface area contributed by atoms with E-state index >= 15 is 0 Å². The van der Waals surface area contributed by atoms with E-state index in [0.717, 1.165) is 19.3 Å². The summed E-state index contributed by atoms with van der Waals surface area (Å²) < 4.78 is 5.08. The van der Waals surface area contributed by atoms with Crippen molar-refractivity contribution >= 4 is 12.1 Å². The average molecular weight is 272 g/mol. The number of hydrazine groups is 1. The minimum atomic E-state index is -1.10. The molecule has 1 saturated carbocycles. The van der Waals surface area contributed by atoms with Gasteiger partial charge in [0.1, 0.15) is 11.1 Å². The summed E-state index contributed by atoms with van der Waals surface area (Å²) in [5.41, 5.74) is 3.34. The Morgan fingerprint density at radius 1 is 1.32 bits per heavy atom. The Kier molecular flexibility index (Phi) is 4.79. The molecule has 0 aromatic rings. The van der Waals surface area contributed by atoms with Gasteiger partial charge in [-0.15, -0.1) is 0 Å². The molecule has 0 saturated heterocycles. The monoisotopic (exact) mass is 272 g/mol. The second-order valence-electron chi connectivity index (χ2n) is 6.18. The van der Waals surface area contributed by atoms with Crippen molar-refractivity contribution in [1.29, 1.82) is 0 Å². The fraction of sp³-hybridized carbons (Fsp3) is 0.846. The number of hydrogen-bond acceptors (Lipinski definition) is 4. The molecule has 0 heterocycles. The first-order chi connectivity index (χ1) is 8.67. The van der Waals surface area contributed by atoms with Crippen molar-refractivity contribution in [1.82, 2.24) is 10.9 Å². The summed E-state index contributed by atoms with van der Waals surface area (Å²) in [5.74, 6) is -0.982.